The van der Waals surface area contributed by atoms with Gasteiger partial charge in [0.1, 0.15) is 5.82 Å². The van der Waals surface area contributed by atoms with Gasteiger partial charge in [0.05, 0.1) is 22.8 Å². The van der Waals surface area contributed by atoms with Gasteiger partial charge in [-0.05, 0) is 54.0 Å². The van der Waals surface area contributed by atoms with E-state index in [0.717, 1.165) is 22.5 Å². The summed E-state index contributed by atoms with van der Waals surface area (Å²) in [6.07, 6.45) is 0.641. The molecule has 3 aromatic rings. The molecule has 0 aliphatic carbocycles. The molecule has 2 aromatic carbocycles. The van der Waals surface area contributed by atoms with Gasteiger partial charge in [-0.1, -0.05) is 85.7 Å². The number of nitrogens with zero attached hydrogens (tertiary/aromatic N) is 3. The van der Waals surface area contributed by atoms with E-state index < -0.39 is 15.9 Å². The summed E-state index contributed by atoms with van der Waals surface area (Å²) in [6, 6.07) is 16.7. The molecular weight excluding hydrogens is 508 g/mol. The van der Waals surface area contributed by atoms with Crippen molar-refractivity contribution in [3.8, 4) is 5.69 Å². The Morgan fingerprint density at radius 3 is 2.13 bits per heavy atom. The zero-order chi connectivity index (χ0) is 29.2. The molecule has 39 heavy (non-hydrogen) atoms. The standard InChI is InChI=1S/C31H44N4O3S/c1-22(2)18-19-34(39(37,38)25-16-14-24(15-17-25)30(4,5)6)21-29(36)32-28-20-27(31(7,8)9)33-35(28)26-13-11-10-12-23(26)3/h10-17,20,22H,18-19,21H2,1-9H3,(H,32,36). The van der Waals surface area contributed by atoms with E-state index in [9.17, 15) is 13.2 Å². The molecule has 0 unspecified atom stereocenters. The van der Waals surface area contributed by atoms with Gasteiger partial charge in [0.25, 0.3) is 0 Å². The van der Waals surface area contributed by atoms with E-state index >= 15 is 0 Å². The van der Waals surface area contributed by atoms with Crippen molar-refractivity contribution in [3.63, 3.8) is 0 Å². The average Bonchev–Trinajstić information content (AvgIpc) is 3.25. The molecule has 212 valence electrons. The van der Waals surface area contributed by atoms with Crippen molar-refractivity contribution >= 4 is 21.7 Å². The number of sulfonamides is 1. The SMILES string of the molecule is Cc1ccccc1-n1nc(C(C)(C)C)cc1NC(=O)CN(CCC(C)C)S(=O)(=O)c1ccc(C(C)(C)C)cc1. The van der Waals surface area contributed by atoms with Crippen molar-refractivity contribution in [2.75, 3.05) is 18.4 Å². The van der Waals surface area contributed by atoms with Gasteiger partial charge in [-0.2, -0.15) is 9.40 Å². The van der Waals surface area contributed by atoms with E-state index in [1.54, 1.807) is 16.8 Å². The smallest absolute Gasteiger partial charge is 0.243 e. The van der Waals surface area contributed by atoms with Gasteiger partial charge in [-0.25, -0.2) is 13.1 Å². The summed E-state index contributed by atoms with van der Waals surface area (Å²) in [6.45, 7) is 18.5. The number of nitrogens with one attached hydrogen (secondary N) is 1. The Hall–Kier alpha value is -2.97. The van der Waals surface area contributed by atoms with E-state index in [1.807, 2.05) is 63.2 Å². The van der Waals surface area contributed by atoms with Gasteiger partial charge < -0.3 is 5.32 Å². The Balaban J connectivity index is 1.93. The third-order valence-electron chi connectivity index (χ3n) is 6.72. The monoisotopic (exact) mass is 552 g/mol. The van der Waals surface area contributed by atoms with Crippen molar-refractivity contribution < 1.29 is 13.2 Å². The number of hydrogen-bond donors (Lipinski definition) is 1. The van der Waals surface area contributed by atoms with Crippen LogP contribution in [0.2, 0.25) is 0 Å². The molecule has 1 heterocycles. The topological polar surface area (TPSA) is 84.3 Å². The van der Waals surface area contributed by atoms with Gasteiger partial charge in [-0.3, -0.25) is 4.79 Å². The quantitative estimate of drug-likeness (QED) is 0.331. The highest BCUT2D eigenvalue weighted by atomic mass is 32.2. The average molecular weight is 553 g/mol. The number of anilines is 1. The van der Waals surface area contributed by atoms with E-state index in [4.69, 9.17) is 5.10 Å². The molecule has 0 bridgehead atoms. The highest BCUT2D eigenvalue weighted by Gasteiger charge is 2.28. The minimum absolute atomic E-state index is 0.0918. The minimum atomic E-state index is -3.88. The Kier molecular flexibility index (Phi) is 9.13. The number of amides is 1. The summed E-state index contributed by atoms with van der Waals surface area (Å²) >= 11 is 0. The molecule has 0 saturated heterocycles. The summed E-state index contributed by atoms with van der Waals surface area (Å²) in [7, 11) is -3.88. The molecule has 1 aromatic heterocycles. The number of carbonyl (C=O) groups excluding carboxylic acids is 1. The third-order valence-corrected chi connectivity index (χ3v) is 8.58. The largest absolute Gasteiger partial charge is 0.309 e. The van der Waals surface area contributed by atoms with Gasteiger partial charge in [0, 0.05) is 18.0 Å². The maximum Gasteiger partial charge on any atom is 0.243 e. The second-order valence-corrected chi connectivity index (χ2v) is 14.6. The fourth-order valence-electron chi connectivity index (χ4n) is 4.13. The van der Waals surface area contributed by atoms with Gasteiger partial charge in [0.2, 0.25) is 15.9 Å². The van der Waals surface area contributed by atoms with Crippen LogP contribution >= 0.6 is 0 Å². The first-order valence-electron chi connectivity index (χ1n) is 13.6. The van der Waals surface area contributed by atoms with Crippen molar-refractivity contribution in [2.45, 2.75) is 84.5 Å². The molecule has 1 amide bonds. The Bertz CT molecular complexity index is 1390. The van der Waals surface area contributed by atoms with Crippen LogP contribution in [0.3, 0.4) is 0 Å². The zero-order valence-electron chi connectivity index (χ0n) is 24.9. The Labute approximate surface area is 234 Å². The van der Waals surface area contributed by atoms with Crippen LogP contribution < -0.4 is 5.32 Å². The van der Waals surface area contributed by atoms with Crippen LogP contribution in [0.15, 0.2) is 59.5 Å². The summed E-state index contributed by atoms with van der Waals surface area (Å²) in [5.41, 5.74) is 3.41. The number of carbonyl (C=O) groups is 1. The number of para-hydroxylation sites is 1. The van der Waals surface area contributed by atoms with Crippen molar-refractivity contribution in [2.24, 2.45) is 5.92 Å². The molecule has 8 heteroatoms. The van der Waals surface area contributed by atoms with E-state index in [2.05, 4.69) is 46.9 Å². The first kappa shape index (κ1) is 30.6. The van der Waals surface area contributed by atoms with Crippen molar-refractivity contribution in [1.82, 2.24) is 14.1 Å². The first-order valence-corrected chi connectivity index (χ1v) is 15.0. The number of benzene rings is 2. The lowest BCUT2D eigenvalue weighted by atomic mass is 9.87. The number of aromatic nitrogens is 2. The number of aryl methyl sites for hydroxylation is 1. The fourth-order valence-corrected chi connectivity index (χ4v) is 5.54. The molecule has 7 nitrogen and oxygen atoms in total. The summed E-state index contributed by atoms with van der Waals surface area (Å²) in [5.74, 6) is 0.379. The molecule has 3 rings (SSSR count). The lowest BCUT2D eigenvalue weighted by Crippen LogP contribution is -2.39. The number of hydrogen-bond acceptors (Lipinski definition) is 4. The lowest BCUT2D eigenvalue weighted by Gasteiger charge is -2.24. The Morgan fingerprint density at radius 1 is 0.974 bits per heavy atom. The first-order chi connectivity index (χ1) is 18.0. The van der Waals surface area contributed by atoms with E-state index in [1.165, 1.54) is 4.31 Å². The molecule has 0 aliphatic rings. The predicted molar refractivity (Wildman–Crippen MR) is 159 cm³/mol. The van der Waals surface area contributed by atoms with Crippen LogP contribution in [0.4, 0.5) is 5.82 Å². The fraction of sp³-hybridized carbons (Fsp3) is 0.484. The van der Waals surface area contributed by atoms with Crippen LogP contribution in [0.5, 0.6) is 0 Å². The maximum absolute atomic E-state index is 13.7. The van der Waals surface area contributed by atoms with Gasteiger partial charge in [0.15, 0.2) is 0 Å². The number of rotatable bonds is 9. The molecule has 0 aliphatic heterocycles. The molecule has 0 fully saturated rings. The lowest BCUT2D eigenvalue weighted by molar-refractivity contribution is -0.116. The molecule has 0 radical (unpaired) electrons. The summed E-state index contributed by atoms with van der Waals surface area (Å²) < 4.78 is 30.4. The highest BCUT2D eigenvalue weighted by molar-refractivity contribution is 7.89. The summed E-state index contributed by atoms with van der Waals surface area (Å²) in [5, 5.41) is 7.75. The molecular formula is C31H44N4O3S. The third kappa shape index (κ3) is 7.57. The molecule has 1 N–H and O–H groups in total. The predicted octanol–water partition coefficient (Wildman–Crippen LogP) is 6.45. The van der Waals surface area contributed by atoms with Crippen molar-refractivity contribution in [1.29, 1.82) is 0 Å². The zero-order valence-corrected chi connectivity index (χ0v) is 25.7. The van der Waals surface area contributed by atoms with Crippen LogP contribution in [0.25, 0.3) is 5.69 Å². The molecule has 0 atom stereocenters. The minimum Gasteiger partial charge on any atom is -0.309 e. The second-order valence-electron chi connectivity index (χ2n) is 12.7. The molecule has 0 saturated carbocycles. The van der Waals surface area contributed by atoms with Gasteiger partial charge in [-0.15, -0.1) is 0 Å². The normalized spacial score (nSPS) is 12.8. The second kappa shape index (κ2) is 11.6. The van der Waals surface area contributed by atoms with Gasteiger partial charge >= 0.3 is 0 Å². The van der Waals surface area contributed by atoms with Crippen LogP contribution in [-0.2, 0) is 25.6 Å². The Morgan fingerprint density at radius 2 is 1.59 bits per heavy atom. The maximum atomic E-state index is 13.7. The van der Waals surface area contributed by atoms with Crippen LogP contribution in [-0.4, -0.2) is 41.5 Å². The van der Waals surface area contributed by atoms with E-state index in [0.29, 0.717) is 12.2 Å². The molecule has 0 spiro atoms. The van der Waals surface area contributed by atoms with Crippen LogP contribution in [0, 0.1) is 12.8 Å². The highest BCUT2D eigenvalue weighted by Crippen LogP contribution is 2.28. The van der Waals surface area contributed by atoms with E-state index in [-0.39, 0.29) is 34.7 Å². The summed E-state index contributed by atoms with van der Waals surface area (Å²) in [4.78, 5) is 13.6. The van der Waals surface area contributed by atoms with Crippen molar-refractivity contribution in [3.05, 3.63) is 71.4 Å². The van der Waals surface area contributed by atoms with Crippen LogP contribution in [0.1, 0.15) is 78.6 Å².